The van der Waals surface area contributed by atoms with Crippen LogP contribution in [-0.4, -0.2) is 37.0 Å². The number of sulfonamides is 1. The molecule has 1 aliphatic rings. The Bertz CT molecular complexity index is 578. The monoisotopic (exact) mass is 351 g/mol. The van der Waals surface area contributed by atoms with Gasteiger partial charge in [0.1, 0.15) is 5.82 Å². The number of hydrogen-bond acceptors (Lipinski definition) is 3. The van der Waals surface area contributed by atoms with Crippen molar-refractivity contribution in [2.45, 2.75) is 24.3 Å². The molecule has 0 spiro atoms. The molecule has 1 aliphatic heterocycles. The van der Waals surface area contributed by atoms with Gasteiger partial charge in [0.2, 0.25) is 10.0 Å². The van der Waals surface area contributed by atoms with Crippen molar-refractivity contribution in [2.24, 2.45) is 5.92 Å². The van der Waals surface area contributed by atoms with Crippen molar-refractivity contribution in [2.75, 3.05) is 13.2 Å². The maximum Gasteiger partial charge on any atom is 0.244 e. The van der Waals surface area contributed by atoms with E-state index in [0.29, 0.717) is 13.0 Å². The van der Waals surface area contributed by atoms with Gasteiger partial charge < -0.3 is 5.11 Å². The van der Waals surface area contributed by atoms with Crippen LogP contribution in [0.1, 0.15) is 13.3 Å². The molecule has 0 aromatic heterocycles. The molecule has 2 unspecified atom stereocenters. The lowest BCUT2D eigenvalue weighted by molar-refractivity contribution is 0.191. The van der Waals surface area contributed by atoms with E-state index in [1.807, 2.05) is 6.92 Å². The fourth-order valence-corrected chi connectivity index (χ4v) is 5.09. The molecule has 1 heterocycles. The second kappa shape index (κ2) is 5.47. The number of halogens is 2. The molecule has 1 fully saturated rings. The fraction of sp³-hybridized carbons (Fsp3) is 0.500. The van der Waals surface area contributed by atoms with Gasteiger partial charge in [0.25, 0.3) is 0 Å². The van der Waals surface area contributed by atoms with E-state index in [2.05, 4.69) is 15.9 Å². The van der Waals surface area contributed by atoms with Gasteiger partial charge in [-0.1, -0.05) is 6.92 Å². The molecule has 1 saturated heterocycles. The summed E-state index contributed by atoms with van der Waals surface area (Å²) in [6.45, 7) is 2.08. The maximum absolute atomic E-state index is 13.0. The summed E-state index contributed by atoms with van der Waals surface area (Å²) in [6.07, 6.45) is 0.712. The zero-order chi connectivity index (χ0) is 14.2. The van der Waals surface area contributed by atoms with Crippen molar-refractivity contribution in [3.05, 3.63) is 28.5 Å². The van der Waals surface area contributed by atoms with E-state index in [1.54, 1.807) is 0 Å². The van der Waals surface area contributed by atoms with Crippen molar-refractivity contribution in [1.82, 2.24) is 4.31 Å². The van der Waals surface area contributed by atoms with E-state index in [9.17, 15) is 17.9 Å². The van der Waals surface area contributed by atoms with Crippen LogP contribution >= 0.6 is 15.9 Å². The van der Waals surface area contributed by atoms with Gasteiger partial charge in [-0.25, -0.2) is 12.8 Å². The zero-order valence-electron chi connectivity index (χ0n) is 10.4. The molecule has 2 rings (SSSR count). The number of nitrogens with zero attached hydrogens (tertiary/aromatic N) is 1. The van der Waals surface area contributed by atoms with Crippen molar-refractivity contribution in [3.63, 3.8) is 0 Å². The first kappa shape index (κ1) is 14.9. The lowest BCUT2D eigenvalue weighted by Crippen LogP contribution is -2.39. The Hall–Kier alpha value is -0.500. The minimum absolute atomic E-state index is 0.0291. The molecule has 0 amide bonds. The minimum atomic E-state index is -3.72. The van der Waals surface area contributed by atoms with Crippen LogP contribution in [0.4, 0.5) is 4.39 Å². The smallest absolute Gasteiger partial charge is 0.244 e. The fourth-order valence-electron chi connectivity index (χ4n) is 2.35. The molecule has 106 valence electrons. The largest absolute Gasteiger partial charge is 0.395 e. The van der Waals surface area contributed by atoms with Crippen LogP contribution in [0.2, 0.25) is 0 Å². The SMILES string of the molecule is CC1CCN(S(=O)(=O)c2ccc(F)cc2Br)C1CO. The minimum Gasteiger partial charge on any atom is -0.395 e. The Morgan fingerprint density at radius 2 is 2.21 bits per heavy atom. The van der Waals surface area contributed by atoms with Crippen molar-refractivity contribution >= 4 is 26.0 Å². The van der Waals surface area contributed by atoms with Gasteiger partial charge >= 0.3 is 0 Å². The third kappa shape index (κ3) is 2.69. The normalized spacial score (nSPS) is 24.8. The maximum atomic E-state index is 13.0. The summed E-state index contributed by atoms with van der Waals surface area (Å²) in [7, 11) is -3.72. The molecule has 0 radical (unpaired) electrons. The molecular weight excluding hydrogens is 337 g/mol. The summed E-state index contributed by atoms with van der Waals surface area (Å²) in [6, 6.07) is 3.07. The average Bonchev–Trinajstić information content (AvgIpc) is 2.70. The van der Waals surface area contributed by atoms with Gasteiger partial charge in [-0.3, -0.25) is 0 Å². The molecule has 0 saturated carbocycles. The van der Waals surface area contributed by atoms with Gasteiger partial charge in [0.05, 0.1) is 17.5 Å². The van der Waals surface area contributed by atoms with Crippen molar-refractivity contribution < 1.29 is 17.9 Å². The average molecular weight is 352 g/mol. The summed E-state index contributed by atoms with van der Waals surface area (Å²) < 4.78 is 39.6. The molecule has 0 aliphatic carbocycles. The number of aliphatic hydroxyl groups is 1. The van der Waals surface area contributed by atoms with E-state index >= 15 is 0 Å². The third-order valence-electron chi connectivity index (χ3n) is 3.50. The standard InChI is InChI=1S/C12H15BrFNO3S/c1-8-4-5-15(11(8)7-16)19(17,18)12-3-2-9(14)6-10(12)13/h2-3,6,8,11,16H,4-5,7H2,1H3. The highest BCUT2D eigenvalue weighted by Crippen LogP contribution is 2.32. The van der Waals surface area contributed by atoms with E-state index in [1.165, 1.54) is 10.4 Å². The quantitative estimate of drug-likeness (QED) is 0.905. The molecule has 7 heteroatoms. The summed E-state index contributed by atoms with van der Waals surface area (Å²) >= 11 is 3.08. The Labute approximate surface area is 120 Å². The molecule has 0 bridgehead atoms. The van der Waals surface area contributed by atoms with Crippen LogP contribution in [0.3, 0.4) is 0 Å². The van der Waals surface area contributed by atoms with Gasteiger partial charge in [0.15, 0.2) is 0 Å². The molecule has 2 atom stereocenters. The van der Waals surface area contributed by atoms with E-state index in [4.69, 9.17) is 0 Å². The summed E-state index contributed by atoms with van der Waals surface area (Å²) in [5.74, 6) is -0.390. The first-order valence-electron chi connectivity index (χ1n) is 5.95. The second-order valence-electron chi connectivity index (χ2n) is 4.71. The molecule has 1 N–H and O–H groups in total. The van der Waals surface area contributed by atoms with Crippen LogP contribution in [0.25, 0.3) is 0 Å². The summed E-state index contributed by atoms with van der Waals surface area (Å²) in [5.41, 5.74) is 0. The van der Waals surface area contributed by atoms with Crippen LogP contribution < -0.4 is 0 Å². The zero-order valence-corrected chi connectivity index (χ0v) is 12.8. The third-order valence-corrected chi connectivity index (χ3v) is 6.40. The Balaban J connectivity index is 2.42. The van der Waals surface area contributed by atoms with E-state index in [-0.39, 0.29) is 21.9 Å². The highest BCUT2D eigenvalue weighted by molar-refractivity contribution is 9.10. The lowest BCUT2D eigenvalue weighted by Gasteiger charge is -2.25. The van der Waals surface area contributed by atoms with Crippen LogP contribution in [0.15, 0.2) is 27.6 Å². The Morgan fingerprint density at radius 3 is 2.79 bits per heavy atom. The molecule has 1 aromatic carbocycles. The number of hydrogen-bond donors (Lipinski definition) is 1. The topological polar surface area (TPSA) is 57.6 Å². The number of rotatable bonds is 3. The molecule has 1 aromatic rings. The first-order valence-corrected chi connectivity index (χ1v) is 8.19. The molecule has 4 nitrogen and oxygen atoms in total. The molecular formula is C12H15BrFNO3S. The predicted molar refractivity (Wildman–Crippen MR) is 72.6 cm³/mol. The molecule has 19 heavy (non-hydrogen) atoms. The van der Waals surface area contributed by atoms with E-state index < -0.39 is 21.9 Å². The summed E-state index contributed by atoms with van der Waals surface area (Å²) in [5, 5.41) is 9.35. The lowest BCUT2D eigenvalue weighted by atomic mass is 10.0. The van der Waals surface area contributed by atoms with E-state index in [0.717, 1.165) is 12.1 Å². The Morgan fingerprint density at radius 1 is 1.53 bits per heavy atom. The highest BCUT2D eigenvalue weighted by Gasteiger charge is 2.39. The highest BCUT2D eigenvalue weighted by atomic mass is 79.9. The predicted octanol–water partition coefficient (Wildman–Crippen LogP) is 1.98. The van der Waals surface area contributed by atoms with Crippen LogP contribution in [0, 0.1) is 11.7 Å². The van der Waals surface area contributed by atoms with Gasteiger partial charge in [-0.05, 0) is 46.5 Å². The number of aliphatic hydroxyl groups excluding tert-OH is 1. The van der Waals surface area contributed by atoms with Gasteiger partial charge in [-0.2, -0.15) is 4.31 Å². The van der Waals surface area contributed by atoms with Crippen molar-refractivity contribution in [3.8, 4) is 0 Å². The summed E-state index contributed by atoms with van der Waals surface area (Å²) in [4.78, 5) is 0.0291. The second-order valence-corrected chi connectivity index (χ2v) is 7.42. The van der Waals surface area contributed by atoms with Gasteiger partial charge in [0, 0.05) is 11.0 Å². The van der Waals surface area contributed by atoms with Crippen molar-refractivity contribution in [1.29, 1.82) is 0 Å². The Kier molecular flexibility index (Phi) is 4.29. The first-order chi connectivity index (χ1) is 8.87. The van der Waals surface area contributed by atoms with Gasteiger partial charge in [-0.15, -0.1) is 0 Å². The van der Waals surface area contributed by atoms with Crippen LogP contribution in [-0.2, 0) is 10.0 Å². The van der Waals surface area contributed by atoms with Crippen LogP contribution in [0.5, 0.6) is 0 Å². The number of benzene rings is 1.